The molecule has 0 bridgehead atoms. The summed E-state index contributed by atoms with van der Waals surface area (Å²) in [5, 5.41) is 0. The molecule has 0 atom stereocenters. The van der Waals surface area contributed by atoms with Crippen molar-refractivity contribution in [3.05, 3.63) is 6.92 Å². The van der Waals surface area contributed by atoms with E-state index in [0.717, 1.165) is 19.3 Å². The molecule has 0 aromatic rings. The highest BCUT2D eigenvalue weighted by atomic mass is 19.1. The summed E-state index contributed by atoms with van der Waals surface area (Å²) in [4.78, 5) is 10.7. The van der Waals surface area contributed by atoms with Crippen molar-refractivity contribution in [1.82, 2.24) is 0 Å². The van der Waals surface area contributed by atoms with Crippen LogP contribution in [0.4, 0.5) is 4.39 Å². The van der Waals surface area contributed by atoms with Gasteiger partial charge in [0.05, 0.1) is 6.67 Å². The first-order chi connectivity index (χ1) is 4.81. The topological polar surface area (TPSA) is 17.1 Å². The Morgan fingerprint density at radius 1 is 1.30 bits per heavy atom. The Bertz CT molecular complexity index is 91.3. The number of ketones is 1. The zero-order chi connectivity index (χ0) is 7.82. The fourth-order valence-corrected chi connectivity index (χ4v) is 0.729. The second-order valence-electron chi connectivity index (χ2n) is 2.29. The summed E-state index contributed by atoms with van der Waals surface area (Å²) in [5.74, 6) is 0.0379. The van der Waals surface area contributed by atoms with Gasteiger partial charge in [0.25, 0.3) is 0 Å². The predicted octanol–water partition coefficient (Wildman–Crippen LogP) is 2.31. The lowest BCUT2D eigenvalue weighted by atomic mass is 10.1. The van der Waals surface area contributed by atoms with Gasteiger partial charge in [-0.25, -0.2) is 0 Å². The van der Waals surface area contributed by atoms with Gasteiger partial charge in [0.15, 0.2) is 0 Å². The van der Waals surface area contributed by atoms with Crippen LogP contribution in [0.2, 0.25) is 0 Å². The van der Waals surface area contributed by atoms with Crippen molar-refractivity contribution in [1.29, 1.82) is 0 Å². The van der Waals surface area contributed by atoms with Gasteiger partial charge in [-0.3, -0.25) is 9.18 Å². The Labute approximate surface area is 61.6 Å². The van der Waals surface area contributed by atoms with Crippen LogP contribution in [0, 0.1) is 6.92 Å². The number of rotatable bonds is 6. The molecule has 0 aromatic heterocycles. The van der Waals surface area contributed by atoms with Crippen molar-refractivity contribution >= 4 is 5.78 Å². The molecule has 0 N–H and O–H groups in total. The minimum absolute atomic E-state index is 0.0379. The third-order valence-electron chi connectivity index (χ3n) is 1.33. The van der Waals surface area contributed by atoms with Crippen molar-refractivity contribution in [2.75, 3.05) is 6.67 Å². The molecule has 0 rings (SSSR count). The van der Waals surface area contributed by atoms with Crippen molar-refractivity contribution < 1.29 is 9.18 Å². The lowest BCUT2D eigenvalue weighted by Gasteiger charge is -1.95. The average molecular weight is 145 g/mol. The van der Waals surface area contributed by atoms with Crippen LogP contribution < -0.4 is 0 Å². The van der Waals surface area contributed by atoms with Gasteiger partial charge in [-0.1, -0.05) is 19.8 Å². The summed E-state index contributed by atoms with van der Waals surface area (Å²) < 4.78 is 11.5. The minimum atomic E-state index is -0.511. The maximum absolute atomic E-state index is 11.5. The first kappa shape index (κ1) is 9.60. The Morgan fingerprint density at radius 3 is 2.50 bits per heavy atom. The van der Waals surface area contributed by atoms with Crippen LogP contribution in [0.15, 0.2) is 0 Å². The first-order valence-electron chi connectivity index (χ1n) is 3.68. The number of hydrogen-bond donors (Lipinski definition) is 0. The summed E-state index contributed by atoms with van der Waals surface area (Å²) >= 11 is 0. The van der Waals surface area contributed by atoms with Crippen molar-refractivity contribution in [2.24, 2.45) is 0 Å². The smallest absolute Gasteiger partial charge is 0.135 e. The van der Waals surface area contributed by atoms with E-state index in [2.05, 4.69) is 6.92 Å². The summed E-state index contributed by atoms with van der Waals surface area (Å²) in [6.45, 7) is 3.13. The van der Waals surface area contributed by atoms with E-state index >= 15 is 0 Å². The van der Waals surface area contributed by atoms with E-state index in [1.165, 1.54) is 0 Å². The zero-order valence-electron chi connectivity index (χ0n) is 6.24. The largest absolute Gasteiger partial charge is 0.300 e. The van der Waals surface area contributed by atoms with Gasteiger partial charge >= 0.3 is 0 Å². The summed E-state index contributed by atoms with van der Waals surface area (Å²) in [6.07, 6.45) is 3.32. The number of hydrogen-bond acceptors (Lipinski definition) is 1. The molecule has 2 heteroatoms. The minimum Gasteiger partial charge on any atom is -0.300 e. The maximum Gasteiger partial charge on any atom is 0.135 e. The second kappa shape index (κ2) is 6.72. The van der Waals surface area contributed by atoms with Crippen molar-refractivity contribution in [2.45, 2.75) is 32.1 Å². The number of carbonyl (C=O) groups is 1. The highest BCUT2D eigenvalue weighted by Gasteiger charge is 1.99. The molecule has 0 aromatic carbocycles. The quantitative estimate of drug-likeness (QED) is 0.524. The molecule has 1 radical (unpaired) electrons. The lowest BCUT2D eigenvalue weighted by molar-refractivity contribution is -0.119. The van der Waals surface area contributed by atoms with E-state index in [1.807, 2.05) is 0 Å². The molecule has 0 aliphatic rings. The van der Waals surface area contributed by atoms with Crippen LogP contribution in [0.1, 0.15) is 32.1 Å². The van der Waals surface area contributed by atoms with Gasteiger partial charge in [0.2, 0.25) is 0 Å². The van der Waals surface area contributed by atoms with Crippen LogP contribution in [0.5, 0.6) is 0 Å². The van der Waals surface area contributed by atoms with Gasteiger partial charge in [0.1, 0.15) is 5.78 Å². The number of alkyl halides is 1. The number of Topliss-reactive ketones (excluding diaryl/α,β-unsaturated/α-hetero) is 1. The zero-order valence-corrected chi connectivity index (χ0v) is 6.24. The highest BCUT2D eigenvalue weighted by Crippen LogP contribution is 2.01. The molecule has 0 saturated heterocycles. The van der Waals surface area contributed by atoms with Crippen LogP contribution in [-0.4, -0.2) is 12.5 Å². The molecular formula is C8H14FO. The molecule has 1 nitrogen and oxygen atoms in total. The fourth-order valence-electron chi connectivity index (χ4n) is 0.729. The van der Waals surface area contributed by atoms with Crippen LogP contribution in [0.25, 0.3) is 0 Å². The molecule has 0 aliphatic carbocycles. The Hall–Kier alpha value is -0.400. The fraction of sp³-hybridized carbons (Fsp3) is 0.750. The van der Waals surface area contributed by atoms with E-state index < -0.39 is 6.67 Å². The molecule has 10 heavy (non-hydrogen) atoms. The second-order valence-corrected chi connectivity index (χ2v) is 2.29. The molecule has 0 unspecified atom stereocenters. The Balaban J connectivity index is 3.05. The standard InChI is InChI=1S/C8H14FO/c1-2-3-4-5-8(10)6-7-9/h1-7H2. The monoisotopic (exact) mass is 145 g/mol. The Kier molecular flexibility index (Phi) is 6.45. The molecule has 0 saturated carbocycles. The molecule has 0 spiro atoms. The van der Waals surface area contributed by atoms with Gasteiger partial charge in [0, 0.05) is 12.8 Å². The summed E-state index contributed by atoms with van der Waals surface area (Å²) in [5.41, 5.74) is 0. The maximum atomic E-state index is 11.5. The van der Waals surface area contributed by atoms with Gasteiger partial charge < -0.3 is 0 Å². The van der Waals surface area contributed by atoms with Crippen LogP contribution >= 0.6 is 0 Å². The lowest BCUT2D eigenvalue weighted by Crippen LogP contribution is -1.97. The van der Waals surface area contributed by atoms with E-state index in [9.17, 15) is 9.18 Å². The van der Waals surface area contributed by atoms with Gasteiger partial charge in [-0.2, -0.15) is 0 Å². The molecule has 59 valence electrons. The van der Waals surface area contributed by atoms with Crippen LogP contribution in [-0.2, 0) is 4.79 Å². The van der Waals surface area contributed by atoms with E-state index in [4.69, 9.17) is 0 Å². The van der Waals surface area contributed by atoms with Crippen LogP contribution in [0.3, 0.4) is 0 Å². The summed E-state index contributed by atoms with van der Waals surface area (Å²) in [7, 11) is 0. The van der Waals surface area contributed by atoms with Crippen molar-refractivity contribution in [3.63, 3.8) is 0 Å². The average Bonchev–Trinajstić information content (AvgIpc) is 1.89. The molecule has 0 fully saturated rings. The third-order valence-corrected chi connectivity index (χ3v) is 1.33. The van der Waals surface area contributed by atoms with Crippen molar-refractivity contribution in [3.8, 4) is 0 Å². The number of unbranched alkanes of at least 4 members (excludes halogenated alkanes) is 2. The summed E-state index contributed by atoms with van der Waals surface area (Å²) in [6, 6.07) is 0. The number of carbonyl (C=O) groups excluding carboxylic acids is 1. The van der Waals surface area contributed by atoms with E-state index in [0.29, 0.717) is 6.42 Å². The third kappa shape index (κ3) is 5.73. The first-order valence-corrected chi connectivity index (χ1v) is 3.68. The van der Waals surface area contributed by atoms with E-state index in [-0.39, 0.29) is 12.2 Å². The van der Waals surface area contributed by atoms with Gasteiger partial charge in [-0.15, -0.1) is 0 Å². The molecule has 0 amide bonds. The molecule has 0 heterocycles. The predicted molar refractivity (Wildman–Crippen MR) is 39.4 cm³/mol. The van der Waals surface area contributed by atoms with E-state index in [1.54, 1.807) is 0 Å². The van der Waals surface area contributed by atoms with Gasteiger partial charge in [-0.05, 0) is 6.42 Å². The SMILES string of the molecule is [CH2]CCCCC(=O)CCF. The number of halogens is 1. The molecular weight excluding hydrogens is 131 g/mol. The normalized spacial score (nSPS) is 9.80. The highest BCUT2D eigenvalue weighted by molar-refractivity contribution is 5.78. The Morgan fingerprint density at radius 2 is 2.00 bits per heavy atom. The molecule has 0 aliphatic heterocycles.